The maximum absolute atomic E-state index is 12.0. The van der Waals surface area contributed by atoms with Crippen LogP contribution >= 0.6 is 11.3 Å². The summed E-state index contributed by atoms with van der Waals surface area (Å²) in [6.45, 7) is 2.28. The van der Waals surface area contributed by atoms with Gasteiger partial charge in [0.2, 0.25) is 0 Å². The first kappa shape index (κ1) is 14.5. The third-order valence-corrected chi connectivity index (χ3v) is 3.79. The van der Waals surface area contributed by atoms with Gasteiger partial charge in [0.15, 0.2) is 0 Å². The van der Waals surface area contributed by atoms with Gasteiger partial charge < -0.3 is 15.8 Å². The van der Waals surface area contributed by atoms with E-state index in [0.29, 0.717) is 12.2 Å². The normalized spacial score (nSPS) is 11.9. The standard InChI is InChI=1S/C14H17N3O2S/c1-9(10-3-5-11(19-2)6-4-10)16-14(18)12-8-20-13(7-15)17-12/h3-6,8-9H,7,15H2,1-2H3,(H,16,18)/t9-/m0/s1. The molecular weight excluding hydrogens is 274 g/mol. The van der Waals surface area contributed by atoms with E-state index in [2.05, 4.69) is 10.3 Å². The molecule has 0 radical (unpaired) electrons. The quantitative estimate of drug-likeness (QED) is 0.884. The molecule has 106 valence electrons. The van der Waals surface area contributed by atoms with Gasteiger partial charge in [0.25, 0.3) is 5.91 Å². The third-order valence-electron chi connectivity index (χ3n) is 2.92. The molecule has 5 nitrogen and oxygen atoms in total. The Labute approximate surface area is 121 Å². The molecule has 3 N–H and O–H groups in total. The second-order valence-electron chi connectivity index (χ2n) is 4.30. The van der Waals surface area contributed by atoms with Crippen molar-refractivity contribution in [2.75, 3.05) is 7.11 Å². The van der Waals surface area contributed by atoms with Crippen LogP contribution in [0.25, 0.3) is 0 Å². The van der Waals surface area contributed by atoms with Crippen molar-refractivity contribution in [3.8, 4) is 5.75 Å². The minimum atomic E-state index is -0.190. The van der Waals surface area contributed by atoms with E-state index in [-0.39, 0.29) is 11.9 Å². The van der Waals surface area contributed by atoms with Crippen LogP contribution in [-0.4, -0.2) is 18.0 Å². The van der Waals surface area contributed by atoms with Gasteiger partial charge in [-0.25, -0.2) is 4.98 Å². The number of aromatic nitrogens is 1. The summed E-state index contributed by atoms with van der Waals surface area (Å²) in [7, 11) is 1.62. The second kappa shape index (κ2) is 6.49. The van der Waals surface area contributed by atoms with Crippen LogP contribution in [-0.2, 0) is 6.54 Å². The van der Waals surface area contributed by atoms with E-state index in [1.165, 1.54) is 11.3 Å². The summed E-state index contributed by atoms with van der Waals surface area (Å²) in [5.41, 5.74) is 6.91. The van der Waals surface area contributed by atoms with Gasteiger partial charge in [-0.05, 0) is 24.6 Å². The fourth-order valence-corrected chi connectivity index (χ4v) is 2.41. The van der Waals surface area contributed by atoms with Crippen LogP contribution in [0.3, 0.4) is 0 Å². The third kappa shape index (κ3) is 3.34. The van der Waals surface area contributed by atoms with Crippen molar-refractivity contribution in [3.05, 3.63) is 45.9 Å². The summed E-state index contributed by atoms with van der Waals surface area (Å²) >= 11 is 1.39. The van der Waals surface area contributed by atoms with Crippen molar-refractivity contribution >= 4 is 17.2 Å². The molecule has 6 heteroatoms. The number of hydrogen-bond donors (Lipinski definition) is 2. The average Bonchev–Trinajstić information content (AvgIpc) is 2.96. The molecule has 0 aliphatic rings. The average molecular weight is 291 g/mol. The molecule has 0 fully saturated rings. The topological polar surface area (TPSA) is 77.2 Å². The predicted octanol–water partition coefficient (Wildman–Crippen LogP) is 2.10. The van der Waals surface area contributed by atoms with E-state index in [4.69, 9.17) is 10.5 Å². The van der Waals surface area contributed by atoms with Gasteiger partial charge in [-0.1, -0.05) is 12.1 Å². The Morgan fingerprint density at radius 3 is 2.70 bits per heavy atom. The van der Waals surface area contributed by atoms with E-state index in [1.54, 1.807) is 12.5 Å². The molecule has 2 aromatic rings. The summed E-state index contributed by atoms with van der Waals surface area (Å²) in [4.78, 5) is 16.2. The lowest BCUT2D eigenvalue weighted by atomic mass is 10.1. The number of thiazole rings is 1. The zero-order valence-electron chi connectivity index (χ0n) is 11.4. The van der Waals surface area contributed by atoms with Crippen LogP contribution in [0.1, 0.15) is 34.0 Å². The number of hydrogen-bond acceptors (Lipinski definition) is 5. The molecule has 0 aliphatic heterocycles. The Morgan fingerprint density at radius 2 is 2.15 bits per heavy atom. The van der Waals surface area contributed by atoms with E-state index < -0.39 is 0 Å². The Bertz CT molecular complexity index is 580. The van der Waals surface area contributed by atoms with Crippen molar-refractivity contribution in [3.63, 3.8) is 0 Å². The molecule has 2 rings (SSSR count). The number of amides is 1. The highest BCUT2D eigenvalue weighted by Gasteiger charge is 2.14. The highest BCUT2D eigenvalue weighted by molar-refractivity contribution is 7.09. The maximum Gasteiger partial charge on any atom is 0.271 e. The number of nitrogens with two attached hydrogens (primary N) is 1. The lowest BCUT2D eigenvalue weighted by Crippen LogP contribution is -2.26. The zero-order valence-corrected chi connectivity index (χ0v) is 12.2. The molecule has 0 saturated carbocycles. The minimum Gasteiger partial charge on any atom is -0.497 e. The van der Waals surface area contributed by atoms with Crippen LogP contribution in [0.4, 0.5) is 0 Å². The first-order valence-electron chi connectivity index (χ1n) is 6.23. The van der Waals surface area contributed by atoms with E-state index in [1.807, 2.05) is 31.2 Å². The first-order chi connectivity index (χ1) is 9.63. The van der Waals surface area contributed by atoms with E-state index in [9.17, 15) is 4.79 Å². The molecule has 1 aromatic heterocycles. The largest absolute Gasteiger partial charge is 0.497 e. The van der Waals surface area contributed by atoms with Gasteiger partial charge in [0.05, 0.1) is 13.2 Å². The Hall–Kier alpha value is -1.92. The monoisotopic (exact) mass is 291 g/mol. The van der Waals surface area contributed by atoms with E-state index >= 15 is 0 Å². The number of nitrogens with zero attached hydrogens (tertiary/aromatic N) is 1. The van der Waals surface area contributed by atoms with Gasteiger partial charge >= 0.3 is 0 Å². The molecule has 0 aliphatic carbocycles. The van der Waals surface area contributed by atoms with Gasteiger partial charge in [0.1, 0.15) is 16.5 Å². The summed E-state index contributed by atoms with van der Waals surface area (Å²) < 4.78 is 5.11. The summed E-state index contributed by atoms with van der Waals surface area (Å²) in [5.74, 6) is 0.601. The molecule has 1 amide bonds. The van der Waals surface area contributed by atoms with Crippen LogP contribution in [0.5, 0.6) is 5.75 Å². The smallest absolute Gasteiger partial charge is 0.271 e. The minimum absolute atomic E-state index is 0.101. The molecule has 1 atom stereocenters. The van der Waals surface area contributed by atoms with Crippen LogP contribution in [0.2, 0.25) is 0 Å². The number of nitrogens with one attached hydrogen (secondary N) is 1. The predicted molar refractivity (Wildman–Crippen MR) is 78.9 cm³/mol. The second-order valence-corrected chi connectivity index (χ2v) is 5.24. The number of ether oxygens (including phenoxy) is 1. The van der Waals surface area contributed by atoms with Crippen LogP contribution < -0.4 is 15.8 Å². The molecule has 1 heterocycles. The van der Waals surface area contributed by atoms with E-state index in [0.717, 1.165) is 16.3 Å². The molecule has 0 saturated heterocycles. The van der Waals surface area contributed by atoms with Crippen molar-refractivity contribution in [1.82, 2.24) is 10.3 Å². The molecule has 0 unspecified atom stereocenters. The molecule has 20 heavy (non-hydrogen) atoms. The first-order valence-corrected chi connectivity index (χ1v) is 7.11. The maximum atomic E-state index is 12.0. The number of benzene rings is 1. The number of carbonyl (C=O) groups is 1. The molecular formula is C14H17N3O2S. The lowest BCUT2D eigenvalue weighted by Gasteiger charge is -2.13. The highest BCUT2D eigenvalue weighted by atomic mass is 32.1. The van der Waals surface area contributed by atoms with Crippen LogP contribution in [0, 0.1) is 0 Å². The fraction of sp³-hybridized carbons (Fsp3) is 0.286. The number of methoxy groups -OCH3 is 1. The zero-order chi connectivity index (χ0) is 14.5. The van der Waals surface area contributed by atoms with Crippen LogP contribution in [0.15, 0.2) is 29.6 Å². The summed E-state index contributed by atoms with van der Waals surface area (Å²) in [5, 5.41) is 5.39. The van der Waals surface area contributed by atoms with Gasteiger partial charge in [-0.3, -0.25) is 4.79 Å². The lowest BCUT2D eigenvalue weighted by molar-refractivity contribution is 0.0935. The summed E-state index contributed by atoms with van der Waals surface area (Å²) in [6, 6.07) is 7.49. The molecule has 0 spiro atoms. The van der Waals surface area contributed by atoms with Crippen molar-refractivity contribution < 1.29 is 9.53 Å². The Balaban J connectivity index is 2.02. The summed E-state index contributed by atoms with van der Waals surface area (Å²) in [6.07, 6.45) is 0. The van der Waals surface area contributed by atoms with Crippen molar-refractivity contribution in [2.24, 2.45) is 5.73 Å². The Morgan fingerprint density at radius 1 is 1.45 bits per heavy atom. The van der Waals surface area contributed by atoms with Crippen molar-refractivity contribution in [2.45, 2.75) is 19.5 Å². The fourth-order valence-electron chi connectivity index (χ4n) is 1.76. The van der Waals surface area contributed by atoms with Gasteiger partial charge in [-0.2, -0.15) is 0 Å². The highest BCUT2D eigenvalue weighted by Crippen LogP contribution is 2.18. The number of carbonyl (C=O) groups excluding carboxylic acids is 1. The number of rotatable bonds is 5. The van der Waals surface area contributed by atoms with Gasteiger partial charge in [-0.15, -0.1) is 11.3 Å². The molecule has 1 aromatic carbocycles. The molecule has 0 bridgehead atoms. The van der Waals surface area contributed by atoms with Crippen molar-refractivity contribution in [1.29, 1.82) is 0 Å². The van der Waals surface area contributed by atoms with Gasteiger partial charge in [0, 0.05) is 11.9 Å². The SMILES string of the molecule is COc1ccc([C@H](C)NC(=O)c2csc(CN)n2)cc1. The Kier molecular flexibility index (Phi) is 4.70.